The van der Waals surface area contributed by atoms with E-state index in [1.54, 1.807) is 0 Å². The fourth-order valence-electron chi connectivity index (χ4n) is 2.06. The lowest BCUT2D eigenvalue weighted by Crippen LogP contribution is -2.26. The monoisotopic (exact) mass is 204 g/mol. The molecule has 0 saturated carbocycles. The highest BCUT2D eigenvalue weighted by Crippen LogP contribution is 2.36. The van der Waals surface area contributed by atoms with Crippen molar-refractivity contribution in [3.05, 3.63) is 0 Å². The zero-order chi connectivity index (χ0) is 10.1. The van der Waals surface area contributed by atoms with E-state index in [4.69, 9.17) is 0 Å². The van der Waals surface area contributed by atoms with Gasteiger partial charge in [0.25, 0.3) is 0 Å². The molecule has 1 aliphatic heterocycles. The molecule has 13 heavy (non-hydrogen) atoms. The number of hydrogen-bond donors (Lipinski definition) is 0. The number of rotatable bonds is 3. The van der Waals surface area contributed by atoms with Crippen molar-refractivity contribution >= 4 is 16.1 Å². The maximum absolute atomic E-state index is 11.2. The van der Waals surface area contributed by atoms with Crippen molar-refractivity contribution < 1.29 is 13.2 Å². The minimum absolute atomic E-state index is 0.0572. The van der Waals surface area contributed by atoms with E-state index in [-0.39, 0.29) is 11.5 Å². The fraction of sp³-hybridized carbons (Fsp3) is 0.889. The van der Waals surface area contributed by atoms with Crippen LogP contribution in [-0.2, 0) is 14.6 Å². The lowest BCUT2D eigenvalue weighted by molar-refractivity contribution is -0.115. The molecular formula is C9H16O3S. The van der Waals surface area contributed by atoms with Gasteiger partial charge in [0.05, 0.1) is 11.5 Å². The Labute approximate surface area is 79.4 Å². The largest absolute Gasteiger partial charge is 0.303 e. The Morgan fingerprint density at radius 1 is 1.46 bits per heavy atom. The Morgan fingerprint density at radius 3 is 2.38 bits per heavy atom. The van der Waals surface area contributed by atoms with Gasteiger partial charge >= 0.3 is 0 Å². The lowest BCUT2D eigenvalue weighted by Gasteiger charge is -2.22. The Bertz CT molecular complexity index is 292. The third-order valence-corrected chi connectivity index (χ3v) is 4.32. The molecule has 0 spiro atoms. The first kappa shape index (κ1) is 10.7. The van der Waals surface area contributed by atoms with Crippen molar-refractivity contribution in [3.63, 3.8) is 0 Å². The number of carbonyl (C=O) groups excluding carboxylic acids is 1. The molecule has 0 aromatic carbocycles. The second-order valence-electron chi connectivity index (χ2n) is 4.42. The molecule has 0 radical (unpaired) electrons. The van der Waals surface area contributed by atoms with Gasteiger partial charge in [0, 0.05) is 5.41 Å². The first-order chi connectivity index (χ1) is 5.89. The first-order valence-electron chi connectivity index (χ1n) is 4.56. The molecule has 0 aliphatic carbocycles. The molecule has 1 fully saturated rings. The summed E-state index contributed by atoms with van der Waals surface area (Å²) >= 11 is 0. The second-order valence-corrected chi connectivity index (χ2v) is 6.60. The van der Waals surface area contributed by atoms with Gasteiger partial charge in [0.2, 0.25) is 0 Å². The summed E-state index contributed by atoms with van der Waals surface area (Å²) in [5.74, 6) is 0.610. The molecule has 3 nitrogen and oxygen atoms in total. The number of carbonyl (C=O) groups is 1. The molecule has 1 rings (SSSR count). The first-order valence-corrected chi connectivity index (χ1v) is 6.38. The fourth-order valence-corrected chi connectivity index (χ4v) is 4.12. The lowest BCUT2D eigenvalue weighted by atomic mass is 9.81. The van der Waals surface area contributed by atoms with E-state index >= 15 is 0 Å². The van der Waals surface area contributed by atoms with Crippen LogP contribution in [0, 0.1) is 11.3 Å². The Hall–Kier alpha value is -0.380. The molecule has 0 aromatic rings. The summed E-state index contributed by atoms with van der Waals surface area (Å²) < 4.78 is 22.5. The van der Waals surface area contributed by atoms with Gasteiger partial charge in [0.1, 0.15) is 6.29 Å². The van der Waals surface area contributed by atoms with Gasteiger partial charge in [-0.05, 0) is 18.8 Å². The summed E-state index contributed by atoms with van der Waals surface area (Å²) in [5, 5.41) is 0. The molecule has 4 heteroatoms. The maximum atomic E-state index is 11.2. The van der Waals surface area contributed by atoms with Gasteiger partial charge < -0.3 is 4.79 Å². The third-order valence-electron chi connectivity index (χ3n) is 2.48. The van der Waals surface area contributed by atoms with Gasteiger partial charge in [-0.3, -0.25) is 0 Å². The van der Waals surface area contributed by atoms with Crippen LogP contribution in [0.2, 0.25) is 0 Å². The Morgan fingerprint density at radius 2 is 2.08 bits per heavy atom. The van der Waals surface area contributed by atoms with E-state index < -0.39 is 15.3 Å². The normalized spacial score (nSPS) is 32.2. The molecule has 1 unspecified atom stereocenters. The van der Waals surface area contributed by atoms with Crippen molar-refractivity contribution in [1.82, 2.24) is 0 Å². The predicted molar refractivity (Wildman–Crippen MR) is 51.2 cm³/mol. The minimum Gasteiger partial charge on any atom is -0.303 e. The molecule has 0 N–H and O–H groups in total. The summed E-state index contributed by atoms with van der Waals surface area (Å²) in [5.41, 5.74) is -0.576. The summed E-state index contributed by atoms with van der Waals surface area (Å²) in [4.78, 5) is 10.9. The summed E-state index contributed by atoms with van der Waals surface area (Å²) in [6.07, 6.45) is 2.05. The van der Waals surface area contributed by atoms with Crippen LogP contribution < -0.4 is 0 Å². The van der Waals surface area contributed by atoms with Gasteiger partial charge in [0.15, 0.2) is 9.84 Å². The van der Waals surface area contributed by atoms with Crippen LogP contribution in [-0.4, -0.2) is 26.2 Å². The maximum Gasteiger partial charge on any atom is 0.151 e. The summed E-state index contributed by atoms with van der Waals surface area (Å²) in [6, 6.07) is 0. The van der Waals surface area contributed by atoms with Gasteiger partial charge in [-0.15, -0.1) is 0 Å². The van der Waals surface area contributed by atoms with Crippen molar-refractivity contribution in [2.24, 2.45) is 11.3 Å². The molecule has 76 valence electrons. The SMILES string of the molecule is CC(C)CC1(C=O)CCS(=O)(=O)C1. The standard InChI is InChI=1S/C9H16O3S/c1-8(2)5-9(6-10)3-4-13(11,12)7-9/h6,8H,3-5,7H2,1-2H3. The van der Waals surface area contributed by atoms with Gasteiger partial charge in [-0.1, -0.05) is 13.8 Å². The molecule has 1 heterocycles. The number of hydrogen-bond acceptors (Lipinski definition) is 3. The van der Waals surface area contributed by atoms with E-state index in [1.165, 1.54) is 0 Å². The number of sulfone groups is 1. The van der Waals surface area contributed by atoms with Crippen molar-refractivity contribution in [2.45, 2.75) is 26.7 Å². The zero-order valence-corrected chi connectivity index (χ0v) is 8.93. The second kappa shape index (κ2) is 3.40. The summed E-state index contributed by atoms with van der Waals surface area (Å²) in [6.45, 7) is 4.02. The van der Waals surface area contributed by atoms with E-state index in [0.717, 1.165) is 6.29 Å². The van der Waals surface area contributed by atoms with E-state index in [2.05, 4.69) is 0 Å². The van der Waals surface area contributed by atoms with Gasteiger partial charge in [-0.25, -0.2) is 8.42 Å². The van der Waals surface area contributed by atoms with E-state index in [1.807, 2.05) is 13.8 Å². The molecule has 0 aromatic heterocycles. The van der Waals surface area contributed by atoms with Crippen LogP contribution in [0.25, 0.3) is 0 Å². The Balaban J connectivity index is 2.80. The van der Waals surface area contributed by atoms with Crippen LogP contribution in [0.1, 0.15) is 26.7 Å². The van der Waals surface area contributed by atoms with Crippen LogP contribution in [0.4, 0.5) is 0 Å². The third kappa shape index (κ3) is 2.53. The van der Waals surface area contributed by atoms with Crippen molar-refractivity contribution in [1.29, 1.82) is 0 Å². The van der Waals surface area contributed by atoms with Crippen LogP contribution in [0.15, 0.2) is 0 Å². The average molecular weight is 204 g/mol. The molecule has 1 atom stereocenters. The zero-order valence-electron chi connectivity index (χ0n) is 8.12. The summed E-state index contributed by atoms with van der Waals surface area (Å²) in [7, 11) is -2.94. The molecule has 0 bridgehead atoms. The predicted octanol–water partition coefficient (Wildman–Crippen LogP) is 1.04. The number of aldehydes is 1. The van der Waals surface area contributed by atoms with Crippen molar-refractivity contribution in [3.8, 4) is 0 Å². The minimum atomic E-state index is -2.94. The topological polar surface area (TPSA) is 51.2 Å². The van der Waals surface area contributed by atoms with E-state index in [0.29, 0.717) is 18.8 Å². The molecule has 1 aliphatic rings. The average Bonchev–Trinajstić information content (AvgIpc) is 2.26. The highest BCUT2D eigenvalue weighted by molar-refractivity contribution is 7.91. The van der Waals surface area contributed by atoms with Crippen LogP contribution >= 0.6 is 0 Å². The van der Waals surface area contributed by atoms with Crippen molar-refractivity contribution in [2.75, 3.05) is 11.5 Å². The van der Waals surface area contributed by atoms with E-state index in [9.17, 15) is 13.2 Å². The van der Waals surface area contributed by atoms with Crippen LogP contribution in [0.3, 0.4) is 0 Å². The molecule has 1 saturated heterocycles. The quantitative estimate of drug-likeness (QED) is 0.645. The molecular weight excluding hydrogens is 188 g/mol. The highest BCUT2D eigenvalue weighted by Gasteiger charge is 2.42. The van der Waals surface area contributed by atoms with Crippen LogP contribution in [0.5, 0.6) is 0 Å². The smallest absolute Gasteiger partial charge is 0.151 e. The Kier molecular flexibility index (Phi) is 2.80. The molecule has 0 amide bonds. The highest BCUT2D eigenvalue weighted by atomic mass is 32.2. The van der Waals surface area contributed by atoms with Gasteiger partial charge in [-0.2, -0.15) is 0 Å².